The Hall–Kier alpha value is -2.01. The van der Waals surface area contributed by atoms with Crippen molar-refractivity contribution in [2.24, 2.45) is 0 Å². The molecule has 0 aliphatic carbocycles. The fraction of sp³-hybridized carbons (Fsp3) is 0.136. The molecule has 0 aliphatic heterocycles. The van der Waals surface area contributed by atoms with Gasteiger partial charge in [0.25, 0.3) is 5.78 Å². The number of aromatic amines is 1. The van der Waals surface area contributed by atoms with E-state index >= 15 is 0 Å². The number of aromatic nitrogens is 2. The Morgan fingerprint density at radius 1 is 1.00 bits per heavy atom. The molecule has 8 nitrogen and oxygen atoms in total. The van der Waals surface area contributed by atoms with Crippen LogP contribution in [0.3, 0.4) is 0 Å². The van der Waals surface area contributed by atoms with Crippen LogP contribution in [-0.2, 0) is 16.0 Å². The van der Waals surface area contributed by atoms with Crippen LogP contribution in [0.15, 0.2) is 60.7 Å². The van der Waals surface area contributed by atoms with Gasteiger partial charge in [-0.1, -0.05) is 68.6 Å². The molecule has 0 bridgehead atoms. The fourth-order valence-corrected chi connectivity index (χ4v) is 2.57. The number of ketones is 3. The van der Waals surface area contributed by atoms with Crippen LogP contribution < -0.4 is 0 Å². The van der Waals surface area contributed by atoms with Gasteiger partial charge < -0.3 is 10.6 Å². The lowest BCUT2D eigenvalue weighted by molar-refractivity contribution is -0.122. The molecular formula is C22H29N4O4P5. The third-order valence-corrected chi connectivity index (χ3v) is 4.05. The molecule has 1 heterocycles. The number of hydrogen-bond acceptors (Lipinski definition) is 5. The van der Waals surface area contributed by atoms with Gasteiger partial charge in [-0.2, -0.15) is 9.89 Å². The molecule has 0 radical (unpaired) electrons. The van der Waals surface area contributed by atoms with E-state index in [2.05, 4.69) is 50.7 Å². The first-order chi connectivity index (χ1) is 16.8. The van der Waals surface area contributed by atoms with E-state index in [9.17, 15) is 19.5 Å². The van der Waals surface area contributed by atoms with E-state index in [-0.39, 0.29) is 23.6 Å². The van der Waals surface area contributed by atoms with Crippen molar-refractivity contribution in [3.8, 4) is 17.0 Å². The van der Waals surface area contributed by atoms with Crippen LogP contribution in [0, 0.1) is 0 Å². The monoisotopic (exact) mass is 568 g/mol. The first-order valence-electron chi connectivity index (χ1n) is 9.90. The van der Waals surface area contributed by atoms with E-state index in [0.29, 0.717) is 5.69 Å². The smallest absolute Gasteiger partial charge is 0.400 e. The minimum atomic E-state index is -0.529. The van der Waals surface area contributed by atoms with Gasteiger partial charge >= 0.3 is 5.71 Å². The lowest BCUT2D eigenvalue weighted by Crippen LogP contribution is -2.24. The molecule has 3 aromatic rings. The number of rotatable bonds is 6. The van der Waals surface area contributed by atoms with Gasteiger partial charge in [-0.25, -0.2) is 0 Å². The summed E-state index contributed by atoms with van der Waals surface area (Å²) in [6, 6.07) is 18.2. The maximum atomic E-state index is 11.5. The van der Waals surface area contributed by atoms with Crippen LogP contribution in [0.1, 0.15) is 29.9 Å². The van der Waals surface area contributed by atoms with E-state index in [4.69, 9.17) is 5.53 Å². The highest BCUT2D eigenvalue weighted by molar-refractivity contribution is 8.33. The van der Waals surface area contributed by atoms with E-state index < -0.39 is 17.3 Å². The van der Waals surface area contributed by atoms with Gasteiger partial charge in [0, 0.05) is 25.8 Å². The maximum absolute atomic E-state index is 11.5. The topological polar surface area (TPSA) is 137 Å². The zero-order valence-corrected chi connectivity index (χ0v) is 24.9. The Bertz CT molecular complexity index is 1140. The highest BCUT2D eigenvalue weighted by Crippen LogP contribution is 2.29. The van der Waals surface area contributed by atoms with Crippen LogP contribution >= 0.6 is 43.7 Å². The molecular weight excluding hydrogens is 539 g/mol. The minimum absolute atomic E-state index is 0.0693. The average Bonchev–Trinajstić information content (AvgIpc) is 3.24. The molecule has 2 N–H and O–H groups in total. The van der Waals surface area contributed by atoms with Gasteiger partial charge in [-0.05, 0) is 5.56 Å². The molecule has 0 saturated heterocycles. The lowest BCUT2D eigenvalue weighted by Gasteiger charge is -1.96. The van der Waals surface area contributed by atoms with Crippen molar-refractivity contribution in [3.05, 3.63) is 77.5 Å². The third-order valence-electron chi connectivity index (χ3n) is 4.05. The number of benzene rings is 2. The predicted octanol–water partition coefficient (Wildman–Crippen LogP) is 4.94. The third kappa shape index (κ3) is 12.0. The van der Waals surface area contributed by atoms with Gasteiger partial charge in [0.2, 0.25) is 5.78 Å². The quantitative estimate of drug-likeness (QED) is 0.108. The van der Waals surface area contributed by atoms with E-state index in [1.54, 1.807) is 24.3 Å². The second kappa shape index (κ2) is 19.2. The number of carbonyl (C=O) groups excluding carboxylic acids is 3. The molecule has 186 valence electrons. The summed E-state index contributed by atoms with van der Waals surface area (Å²) in [7, 11) is 10.7. The minimum Gasteiger partial charge on any atom is -0.504 e. The van der Waals surface area contributed by atoms with Gasteiger partial charge in [-0.3, -0.25) is 19.5 Å². The number of Topliss-reactive ketones (excluding diaryl/α,β-unsaturated/α-hetero) is 3. The number of hydrogen-bond donors (Lipinski definition) is 2. The Kier molecular flexibility index (Phi) is 18.1. The Morgan fingerprint density at radius 3 is 1.89 bits per heavy atom. The summed E-state index contributed by atoms with van der Waals surface area (Å²) in [5.41, 5.74) is 10.2. The highest BCUT2D eigenvalue weighted by Gasteiger charge is 2.25. The lowest BCUT2D eigenvalue weighted by atomic mass is 10.0. The van der Waals surface area contributed by atoms with Crippen LogP contribution in [-0.4, -0.2) is 43.2 Å². The second-order valence-corrected chi connectivity index (χ2v) is 10.8. The molecule has 0 aliphatic rings. The molecule has 1 aromatic heterocycles. The van der Waals surface area contributed by atoms with Gasteiger partial charge in [0.15, 0.2) is 11.5 Å². The number of H-pyrrole nitrogens is 1. The number of nitrogens with zero attached hydrogens (tertiary/aromatic N) is 3. The molecule has 35 heavy (non-hydrogen) atoms. The maximum Gasteiger partial charge on any atom is 0.400 e. The van der Waals surface area contributed by atoms with Crippen molar-refractivity contribution in [1.82, 2.24) is 10.2 Å². The first-order valence-corrected chi connectivity index (χ1v) is 17.2. The average molecular weight is 568 g/mol. The van der Waals surface area contributed by atoms with Crippen LogP contribution in [0.4, 0.5) is 0 Å². The molecule has 13 heteroatoms. The standard InChI is InChI=1S/2C11H10N2O2.H5P3.H4P2/c1-7(14)9-11(15)10(13-12-9)8-5-3-2-4-6-8;1-8(14)11(13-12)10(15)7-9-5-3-2-4-6-9;1-3-2;1-2/h2-6,15H,1H3,(H,12,13);2-6H,7H2,1H3;3H,1-2H2;1-2H2. The fourth-order valence-electron chi connectivity index (χ4n) is 2.57. The molecule has 4 unspecified atom stereocenters. The summed E-state index contributed by atoms with van der Waals surface area (Å²) in [6.07, 6.45) is 0.0693. The second-order valence-electron chi connectivity index (χ2n) is 6.48. The van der Waals surface area contributed by atoms with Crippen molar-refractivity contribution in [1.29, 1.82) is 0 Å². The summed E-state index contributed by atoms with van der Waals surface area (Å²) < 4.78 is 0. The molecule has 3 rings (SSSR count). The van der Waals surface area contributed by atoms with Crippen molar-refractivity contribution in [2.75, 3.05) is 0 Å². The summed E-state index contributed by atoms with van der Waals surface area (Å²) in [5.74, 6) is -1.33. The zero-order chi connectivity index (χ0) is 26.8. The Morgan fingerprint density at radius 2 is 1.49 bits per heavy atom. The summed E-state index contributed by atoms with van der Waals surface area (Å²) in [6.45, 7) is 2.57. The number of nitrogens with one attached hydrogen (secondary N) is 1. The Labute approximate surface area is 215 Å². The summed E-state index contributed by atoms with van der Waals surface area (Å²) in [4.78, 5) is 36.1. The SMILES string of the molecule is CC(=O)C(=[N+]=[N-])C(=O)Cc1ccccc1.CC(=O)c1[nH]nc(-c2ccccc2)c1O.PP.PPP. The summed E-state index contributed by atoms with van der Waals surface area (Å²) in [5, 5.41) is 16.2. The normalized spacial score (nSPS) is 8.97. The molecule has 0 spiro atoms. The van der Waals surface area contributed by atoms with Crippen molar-refractivity contribution >= 4 is 66.7 Å². The van der Waals surface area contributed by atoms with E-state index in [0.717, 1.165) is 19.1 Å². The molecule has 2 aromatic carbocycles. The van der Waals surface area contributed by atoms with Crippen LogP contribution in [0.2, 0.25) is 0 Å². The van der Waals surface area contributed by atoms with Crippen LogP contribution in [0.25, 0.3) is 16.8 Å². The van der Waals surface area contributed by atoms with Crippen molar-refractivity contribution < 1.29 is 24.3 Å². The van der Waals surface area contributed by atoms with Crippen molar-refractivity contribution in [2.45, 2.75) is 20.3 Å². The van der Waals surface area contributed by atoms with Crippen molar-refractivity contribution in [3.63, 3.8) is 0 Å². The largest absolute Gasteiger partial charge is 0.504 e. The van der Waals surface area contributed by atoms with E-state index in [1.807, 2.05) is 36.4 Å². The van der Waals surface area contributed by atoms with Gasteiger partial charge in [0.1, 0.15) is 11.4 Å². The van der Waals surface area contributed by atoms with Gasteiger partial charge in [-0.15, -0.1) is 35.7 Å². The summed E-state index contributed by atoms with van der Waals surface area (Å²) >= 11 is 0. The number of carbonyl (C=O) groups is 3. The molecule has 4 atom stereocenters. The number of aromatic hydroxyl groups is 1. The molecule has 0 saturated carbocycles. The molecule has 0 fully saturated rings. The Balaban J connectivity index is 0.000000559. The first kappa shape index (κ1) is 33.0. The predicted molar refractivity (Wildman–Crippen MR) is 157 cm³/mol. The van der Waals surface area contributed by atoms with Gasteiger partial charge in [0.05, 0.1) is 0 Å². The van der Waals surface area contributed by atoms with E-state index in [1.165, 1.54) is 13.8 Å². The molecule has 0 amide bonds. The zero-order valence-electron chi connectivity index (χ0n) is 19.3. The highest BCUT2D eigenvalue weighted by atomic mass is 32.4. The van der Waals surface area contributed by atoms with Crippen LogP contribution in [0.5, 0.6) is 5.75 Å².